The van der Waals surface area contributed by atoms with Crippen molar-refractivity contribution in [3.8, 4) is 23.0 Å². The summed E-state index contributed by atoms with van der Waals surface area (Å²) in [4.78, 5) is 0.996. The SMILES string of the molecule is OCC[NH+](CC#CC1(O)c2ccccc2-c2ccccc21)CCO. The normalized spacial score (nSPS) is 14.0. The first kappa shape index (κ1) is 16.7. The fourth-order valence-corrected chi connectivity index (χ4v) is 3.26. The molecule has 0 amide bonds. The maximum absolute atomic E-state index is 11.3. The molecule has 0 bridgehead atoms. The molecule has 4 N–H and O–H groups in total. The van der Waals surface area contributed by atoms with Gasteiger partial charge in [-0.15, -0.1) is 0 Å². The Morgan fingerprint density at radius 2 is 1.33 bits per heavy atom. The molecule has 0 saturated carbocycles. The highest BCUT2D eigenvalue weighted by molar-refractivity contribution is 5.81. The van der Waals surface area contributed by atoms with E-state index >= 15 is 0 Å². The molecule has 0 unspecified atom stereocenters. The lowest BCUT2D eigenvalue weighted by Gasteiger charge is -2.19. The number of benzene rings is 2. The van der Waals surface area contributed by atoms with Gasteiger partial charge in [0.15, 0.2) is 5.60 Å². The molecule has 0 heterocycles. The van der Waals surface area contributed by atoms with E-state index in [4.69, 9.17) is 10.2 Å². The van der Waals surface area contributed by atoms with E-state index in [9.17, 15) is 5.11 Å². The van der Waals surface area contributed by atoms with Crippen LogP contribution in [0.2, 0.25) is 0 Å². The third kappa shape index (κ3) is 2.95. The van der Waals surface area contributed by atoms with Gasteiger partial charge < -0.3 is 20.2 Å². The summed E-state index contributed by atoms with van der Waals surface area (Å²) in [6.07, 6.45) is 0. The van der Waals surface area contributed by atoms with Gasteiger partial charge in [0.1, 0.15) is 19.6 Å². The minimum absolute atomic E-state index is 0.0486. The summed E-state index contributed by atoms with van der Waals surface area (Å²) >= 11 is 0. The Morgan fingerprint density at radius 1 is 0.833 bits per heavy atom. The molecule has 0 fully saturated rings. The maximum Gasteiger partial charge on any atom is 0.178 e. The zero-order chi connectivity index (χ0) is 17.0. The lowest BCUT2D eigenvalue weighted by atomic mass is 9.92. The molecule has 0 atom stereocenters. The fourth-order valence-electron chi connectivity index (χ4n) is 3.26. The van der Waals surface area contributed by atoms with Crippen LogP contribution in [-0.2, 0) is 5.60 Å². The van der Waals surface area contributed by atoms with Gasteiger partial charge in [0.05, 0.1) is 13.2 Å². The molecular formula is C20H22NO3+. The van der Waals surface area contributed by atoms with Crippen LogP contribution in [0, 0.1) is 11.8 Å². The van der Waals surface area contributed by atoms with Gasteiger partial charge in [-0.3, -0.25) is 0 Å². The minimum Gasteiger partial charge on any atom is -0.391 e. The molecule has 0 spiro atoms. The number of rotatable bonds is 5. The quantitative estimate of drug-likeness (QED) is 0.575. The van der Waals surface area contributed by atoms with E-state index in [1.54, 1.807) is 0 Å². The van der Waals surface area contributed by atoms with Crippen molar-refractivity contribution in [2.75, 3.05) is 32.8 Å². The monoisotopic (exact) mass is 324 g/mol. The molecule has 4 nitrogen and oxygen atoms in total. The second-order valence-corrected chi connectivity index (χ2v) is 5.98. The van der Waals surface area contributed by atoms with Crippen molar-refractivity contribution in [1.82, 2.24) is 0 Å². The Morgan fingerprint density at radius 3 is 1.83 bits per heavy atom. The Balaban J connectivity index is 1.94. The Labute approximate surface area is 142 Å². The van der Waals surface area contributed by atoms with Gasteiger partial charge in [0.2, 0.25) is 0 Å². The van der Waals surface area contributed by atoms with Crippen LogP contribution in [0.25, 0.3) is 11.1 Å². The molecule has 124 valence electrons. The van der Waals surface area contributed by atoms with Crippen LogP contribution in [0.4, 0.5) is 0 Å². The van der Waals surface area contributed by atoms with Crippen LogP contribution in [0.1, 0.15) is 11.1 Å². The topological polar surface area (TPSA) is 65.1 Å². The van der Waals surface area contributed by atoms with E-state index in [-0.39, 0.29) is 13.2 Å². The number of aliphatic hydroxyl groups excluding tert-OH is 2. The summed E-state index contributed by atoms with van der Waals surface area (Å²) in [6, 6.07) is 15.6. The van der Waals surface area contributed by atoms with Crippen LogP contribution in [-0.4, -0.2) is 48.2 Å². The lowest BCUT2D eigenvalue weighted by Crippen LogP contribution is -3.12. The smallest absolute Gasteiger partial charge is 0.178 e. The highest BCUT2D eigenvalue weighted by atomic mass is 16.3. The third-order valence-corrected chi connectivity index (χ3v) is 4.46. The predicted octanol–water partition coefficient (Wildman–Crippen LogP) is -0.224. The van der Waals surface area contributed by atoms with E-state index < -0.39 is 5.60 Å². The van der Waals surface area contributed by atoms with Gasteiger partial charge in [-0.25, -0.2) is 0 Å². The van der Waals surface area contributed by atoms with Crippen molar-refractivity contribution in [3.05, 3.63) is 59.7 Å². The van der Waals surface area contributed by atoms with Crippen molar-refractivity contribution in [3.63, 3.8) is 0 Å². The average molecular weight is 324 g/mol. The Hall–Kier alpha value is -2.16. The number of quaternary nitrogens is 1. The van der Waals surface area contributed by atoms with Crippen LogP contribution >= 0.6 is 0 Å². The van der Waals surface area contributed by atoms with E-state index in [1.165, 1.54) is 0 Å². The number of nitrogens with one attached hydrogen (secondary N) is 1. The highest BCUT2D eigenvalue weighted by Gasteiger charge is 2.39. The molecule has 0 aromatic heterocycles. The van der Waals surface area contributed by atoms with Crippen LogP contribution in [0.5, 0.6) is 0 Å². The fraction of sp³-hybridized carbons (Fsp3) is 0.300. The molecular weight excluding hydrogens is 302 g/mol. The van der Waals surface area contributed by atoms with Crippen molar-refractivity contribution >= 4 is 0 Å². The van der Waals surface area contributed by atoms with Crippen molar-refractivity contribution in [2.24, 2.45) is 0 Å². The third-order valence-electron chi connectivity index (χ3n) is 4.46. The van der Waals surface area contributed by atoms with E-state index in [1.807, 2.05) is 48.5 Å². The number of hydrogen-bond acceptors (Lipinski definition) is 3. The van der Waals surface area contributed by atoms with Gasteiger partial charge in [-0.05, 0) is 17.0 Å². The van der Waals surface area contributed by atoms with Gasteiger partial charge in [0, 0.05) is 11.1 Å². The summed E-state index contributed by atoms with van der Waals surface area (Å²) < 4.78 is 0. The Kier molecular flexibility index (Phi) is 4.98. The van der Waals surface area contributed by atoms with Gasteiger partial charge in [0.25, 0.3) is 0 Å². The highest BCUT2D eigenvalue weighted by Crippen LogP contribution is 2.46. The van der Waals surface area contributed by atoms with Crippen molar-refractivity contribution in [2.45, 2.75) is 5.60 Å². The summed E-state index contributed by atoms with van der Waals surface area (Å²) in [5, 5.41) is 29.5. The molecule has 3 rings (SSSR count). The number of aliphatic hydroxyl groups is 3. The average Bonchev–Trinajstić information content (AvgIpc) is 2.86. The van der Waals surface area contributed by atoms with E-state index in [0.29, 0.717) is 19.6 Å². The molecule has 2 aromatic carbocycles. The van der Waals surface area contributed by atoms with Crippen molar-refractivity contribution < 1.29 is 20.2 Å². The van der Waals surface area contributed by atoms with Crippen LogP contribution < -0.4 is 4.90 Å². The second kappa shape index (κ2) is 7.16. The summed E-state index contributed by atoms with van der Waals surface area (Å²) in [6.45, 7) is 1.62. The van der Waals surface area contributed by atoms with Crippen LogP contribution in [0.3, 0.4) is 0 Å². The molecule has 4 heteroatoms. The van der Waals surface area contributed by atoms with E-state index in [0.717, 1.165) is 27.2 Å². The first-order valence-electron chi connectivity index (χ1n) is 8.17. The predicted molar refractivity (Wildman–Crippen MR) is 92.4 cm³/mol. The van der Waals surface area contributed by atoms with E-state index in [2.05, 4.69) is 11.8 Å². The first-order chi connectivity index (χ1) is 11.7. The molecule has 2 aromatic rings. The summed E-state index contributed by atoms with van der Waals surface area (Å²) in [7, 11) is 0. The van der Waals surface area contributed by atoms with Crippen LogP contribution in [0.15, 0.2) is 48.5 Å². The zero-order valence-corrected chi connectivity index (χ0v) is 13.5. The maximum atomic E-state index is 11.3. The number of hydrogen-bond donors (Lipinski definition) is 4. The molecule has 1 aliphatic carbocycles. The largest absolute Gasteiger partial charge is 0.391 e. The minimum atomic E-state index is -1.31. The molecule has 0 aliphatic heterocycles. The second-order valence-electron chi connectivity index (χ2n) is 5.98. The molecule has 1 aliphatic rings. The molecule has 24 heavy (non-hydrogen) atoms. The van der Waals surface area contributed by atoms with Crippen molar-refractivity contribution in [1.29, 1.82) is 0 Å². The molecule has 0 saturated heterocycles. The lowest BCUT2D eigenvalue weighted by molar-refractivity contribution is -0.893. The number of fused-ring (bicyclic) bond motifs is 3. The summed E-state index contributed by atoms with van der Waals surface area (Å²) in [5.74, 6) is 6.10. The van der Waals surface area contributed by atoms with Gasteiger partial charge in [-0.1, -0.05) is 54.5 Å². The first-order valence-corrected chi connectivity index (χ1v) is 8.17. The summed E-state index contributed by atoms with van der Waals surface area (Å²) in [5.41, 5.74) is 2.34. The van der Waals surface area contributed by atoms with Gasteiger partial charge >= 0.3 is 0 Å². The Bertz CT molecular complexity index is 724. The van der Waals surface area contributed by atoms with Gasteiger partial charge in [-0.2, -0.15) is 0 Å². The standard InChI is InChI=1S/C20H21NO3/c22-14-12-21(13-15-23)11-5-10-20(24)18-8-3-1-6-16(18)17-7-2-4-9-19(17)20/h1-4,6-9,22-24H,11-15H2/p+1. The zero-order valence-electron chi connectivity index (χ0n) is 13.5. The molecule has 0 radical (unpaired) electrons.